The molecule has 0 spiro atoms. The third kappa shape index (κ3) is 4.14. The van der Waals surface area contributed by atoms with E-state index in [4.69, 9.17) is 11.6 Å². The van der Waals surface area contributed by atoms with Crippen LogP contribution in [0.5, 0.6) is 0 Å². The van der Waals surface area contributed by atoms with Gasteiger partial charge < -0.3 is 5.32 Å². The molecule has 0 aliphatic carbocycles. The predicted octanol–water partition coefficient (Wildman–Crippen LogP) is 6.19. The van der Waals surface area contributed by atoms with Gasteiger partial charge in [0, 0.05) is 6.07 Å². The van der Waals surface area contributed by atoms with Crippen LogP contribution in [0.4, 0.5) is 13.2 Å². The molecule has 4 nitrogen and oxygen atoms in total. The van der Waals surface area contributed by atoms with E-state index in [9.17, 15) is 18.0 Å². The molecule has 1 atom stereocenters. The van der Waals surface area contributed by atoms with E-state index in [1.54, 1.807) is 19.1 Å². The number of halogens is 4. The highest BCUT2D eigenvalue weighted by atomic mass is 35.5. The smallest absolute Gasteiger partial charge is 0.344 e. The van der Waals surface area contributed by atoms with E-state index in [1.807, 2.05) is 42.5 Å². The average Bonchev–Trinajstić information content (AvgIpc) is 3.19. The molecule has 3 aromatic carbocycles. The van der Waals surface area contributed by atoms with Crippen molar-refractivity contribution in [3.63, 3.8) is 0 Å². The highest BCUT2D eigenvalue weighted by molar-refractivity contribution is 6.32. The molecule has 1 amide bonds. The highest BCUT2D eigenvalue weighted by Gasteiger charge is 2.36. The Morgan fingerprint density at radius 2 is 1.71 bits per heavy atom. The lowest BCUT2D eigenvalue weighted by Gasteiger charge is -2.17. The molecule has 158 valence electrons. The number of fused-ring (bicyclic) bond motifs is 1. The molecule has 0 aliphatic rings. The second kappa shape index (κ2) is 8.07. The average molecular weight is 444 g/mol. The van der Waals surface area contributed by atoms with Crippen molar-refractivity contribution < 1.29 is 18.0 Å². The zero-order valence-corrected chi connectivity index (χ0v) is 17.1. The van der Waals surface area contributed by atoms with Crippen molar-refractivity contribution in [2.24, 2.45) is 0 Å². The summed E-state index contributed by atoms with van der Waals surface area (Å²) in [5.41, 5.74) is -0.392. The van der Waals surface area contributed by atoms with Gasteiger partial charge in [0.15, 0.2) is 5.69 Å². The maximum atomic E-state index is 13.3. The molecule has 0 radical (unpaired) electrons. The van der Waals surface area contributed by atoms with Gasteiger partial charge >= 0.3 is 6.18 Å². The first-order valence-electron chi connectivity index (χ1n) is 9.46. The lowest BCUT2D eigenvalue weighted by atomic mass is 9.99. The second-order valence-electron chi connectivity index (χ2n) is 7.04. The number of rotatable bonds is 4. The Bertz CT molecular complexity index is 1260. The van der Waals surface area contributed by atoms with Crippen LogP contribution >= 0.6 is 11.6 Å². The minimum Gasteiger partial charge on any atom is -0.344 e. The molecular weight excluding hydrogens is 427 g/mol. The molecule has 0 saturated carbocycles. The Morgan fingerprint density at radius 3 is 2.45 bits per heavy atom. The number of carbonyl (C=O) groups excluding carboxylic acids is 1. The van der Waals surface area contributed by atoms with Crippen molar-refractivity contribution in [1.82, 2.24) is 15.1 Å². The van der Waals surface area contributed by atoms with Gasteiger partial charge in [-0.15, -0.1) is 0 Å². The fraction of sp³-hybridized carbons (Fsp3) is 0.130. The molecular formula is C23H17ClF3N3O. The molecule has 1 heterocycles. The summed E-state index contributed by atoms with van der Waals surface area (Å²) < 4.78 is 40.9. The monoisotopic (exact) mass is 443 g/mol. The van der Waals surface area contributed by atoms with E-state index in [-0.39, 0.29) is 16.4 Å². The number of benzene rings is 3. The van der Waals surface area contributed by atoms with Gasteiger partial charge in [-0.3, -0.25) is 4.79 Å². The lowest BCUT2D eigenvalue weighted by molar-refractivity contribution is -0.141. The van der Waals surface area contributed by atoms with Gasteiger partial charge in [0.05, 0.1) is 16.8 Å². The molecule has 0 unspecified atom stereocenters. The quantitative estimate of drug-likeness (QED) is 0.409. The van der Waals surface area contributed by atoms with Crippen molar-refractivity contribution in [3.8, 4) is 5.69 Å². The number of aromatic nitrogens is 2. The summed E-state index contributed by atoms with van der Waals surface area (Å²) >= 11 is 6.15. The summed E-state index contributed by atoms with van der Waals surface area (Å²) in [6, 6.07) is 19.9. The van der Waals surface area contributed by atoms with Crippen LogP contribution in [0.25, 0.3) is 16.5 Å². The zero-order valence-electron chi connectivity index (χ0n) is 16.3. The first kappa shape index (κ1) is 20.9. The molecule has 0 fully saturated rings. The third-order valence-electron chi connectivity index (χ3n) is 4.95. The Labute approximate surface area is 181 Å². The van der Waals surface area contributed by atoms with Crippen molar-refractivity contribution in [2.45, 2.75) is 19.1 Å². The first-order valence-corrected chi connectivity index (χ1v) is 9.84. The minimum atomic E-state index is -4.71. The molecule has 0 bridgehead atoms. The van der Waals surface area contributed by atoms with Crippen LogP contribution in [0, 0.1) is 0 Å². The maximum absolute atomic E-state index is 13.3. The molecule has 1 aromatic heterocycles. The van der Waals surface area contributed by atoms with E-state index in [0.29, 0.717) is 0 Å². The van der Waals surface area contributed by atoms with Crippen molar-refractivity contribution in [1.29, 1.82) is 0 Å². The summed E-state index contributed by atoms with van der Waals surface area (Å²) in [7, 11) is 0. The summed E-state index contributed by atoms with van der Waals surface area (Å²) in [5.74, 6) is -0.691. The SMILES string of the molecule is C[C@H](NC(=O)c1cc(C(F)(F)F)nn1-c1ccccc1Cl)c1cccc2ccccc12. The highest BCUT2D eigenvalue weighted by Crippen LogP contribution is 2.31. The third-order valence-corrected chi connectivity index (χ3v) is 5.27. The van der Waals surface area contributed by atoms with E-state index in [2.05, 4.69) is 10.4 Å². The van der Waals surface area contributed by atoms with E-state index < -0.39 is 23.8 Å². The van der Waals surface area contributed by atoms with Gasteiger partial charge in [-0.25, -0.2) is 4.68 Å². The van der Waals surface area contributed by atoms with E-state index >= 15 is 0 Å². The number of para-hydroxylation sites is 1. The number of alkyl halides is 3. The lowest BCUT2D eigenvalue weighted by Crippen LogP contribution is -2.28. The summed E-state index contributed by atoms with van der Waals surface area (Å²) in [5, 5.41) is 8.53. The van der Waals surface area contributed by atoms with Gasteiger partial charge in [-0.2, -0.15) is 18.3 Å². The van der Waals surface area contributed by atoms with Crippen LogP contribution in [-0.4, -0.2) is 15.7 Å². The minimum absolute atomic E-state index is 0.176. The molecule has 1 N–H and O–H groups in total. The van der Waals surface area contributed by atoms with Crippen molar-refractivity contribution in [3.05, 3.63) is 94.8 Å². The second-order valence-corrected chi connectivity index (χ2v) is 7.45. The van der Waals surface area contributed by atoms with Gasteiger partial charge in [0.25, 0.3) is 5.91 Å². The largest absolute Gasteiger partial charge is 0.435 e. The molecule has 0 saturated heterocycles. The van der Waals surface area contributed by atoms with Crippen molar-refractivity contribution >= 4 is 28.3 Å². The summed E-state index contributed by atoms with van der Waals surface area (Å²) in [6.07, 6.45) is -4.71. The topological polar surface area (TPSA) is 46.9 Å². The number of carbonyl (C=O) groups is 1. The number of amides is 1. The number of nitrogens with zero attached hydrogens (tertiary/aromatic N) is 2. The molecule has 31 heavy (non-hydrogen) atoms. The summed E-state index contributed by atoms with van der Waals surface area (Å²) in [6.45, 7) is 1.78. The Hall–Kier alpha value is -3.32. The molecule has 8 heteroatoms. The predicted molar refractivity (Wildman–Crippen MR) is 113 cm³/mol. The van der Waals surface area contributed by atoms with E-state index in [0.717, 1.165) is 27.1 Å². The Balaban J connectivity index is 1.72. The van der Waals surface area contributed by atoms with E-state index in [1.165, 1.54) is 12.1 Å². The van der Waals surface area contributed by atoms with Crippen LogP contribution in [0.2, 0.25) is 5.02 Å². The fourth-order valence-corrected chi connectivity index (χ4v) is 3.68. The Morgan fingerprint density at radius 1 is 1.03 bits per heavy atom. The van der Waals surface area contributed by atoms with Crippen LogP contribution in [0.3, 0.4) is 0 Å². The van der Waals surface area contributed by atoms with Crippen molar-refractivity contribution in [2.75, 3.05) is 0 Å². The van der Waals surface area contributed by atoms with Crippen LogP contribution in [0.15, 0.2) is 72.8 Å². The van der Waals surface area contributed by atoms with Crippen LogP contribution < -0.4 is 5.32 Å². The van der Waals surface area contributed by atoms with Gasteiger partial charge in [0.2, 0.25) is 0 Å². The van der Waals surface area contributed by atoms with Gasteiger partial charge in [-0.05, 0) is 35.4 Å². The van der Waals surface area contributed by atoms with Gasteiger partial charge in [0.1, 0.15) is 5.69 Å². The number of hydrogen-bond acceptors (Lipinski definition) is 2. The van der Waals surface area contributed by atoms with Crippen LogP contribution in [0.1, 0.15) is 34.7 Å². The zero-order chi connectivity index (χ0) is 22.2. The standard InChI is InChI=1S/C23H17ClF3N3O/c1-14(16-10-6-8-15-7-2-3-9-17(15)16)28-22(31)20-13-21(23(25,26)27)29-30(20)19-12-5-4-11-18(19)24/h2-14H,1H3,(H,28,31)/t14-/m0/s1. The van der Waals surface area contributed by atoms with Crippen LogP contribution in [-0.2, 0) is 6.18 Å². The molecule has 4 rings (SSSR count). The number of hydrogen-bond donors (Lipinski definition) is 1. The first-order chi connectivity index (χ1) is 14.8. The van der Waals surface area contributed by atoms with Gasteiger partial charge in [-0.1, -0.05) is 66.2 Å². The fourth-order valence-electron chi connectivity index (χ4n) is 3.46. The normalized spacial score (nSPS) is 12.7. The molecule has 4 aromatic rings. The maximum Gasteiger partial charge on any atom is 0.435 e. The molecule has 0 aliphatic heterocycles. The Kier molecular flexibility index (Phi) is 5.45. The summed E-state index contributed by atoms with van der Waals surface area (Å²) in [4.78, 5) is 13.0. The number of nitrogens with one attached hydrogen (secondary N) is 1.